The van der Waals surface area contributed by atoms with Gasteiger partial charge in [-0.15, -0.1) is 0 Å². The normalized spacial score (nSPS) is 17.1. The van der Waals surface area contributed by atoms with E-state index < -0.39 is 0 Å². The predicted octanol–water partition coefficient (Wildman–Crippen LogP) is 3.65. The number of hydrogen-bond donors (Lipinski definition) is 1. The zero-order valence-corrected chi connectivity index (χ0v) is 18.0. The molecule has 0 aromatic heterocycles. The molecule has 162 valence electrons. The van der Waals surface area contributed by atoms with E-state index in [-0.39, 0.29) is 23.8 Å². The second kappa shape index (κ2) is 9.43. The molecule has 0 saturated carbocycles. The lowest BCUT2D eigenvalue weighted by molar-refractivity contribution is 0.0652. The number of rotatable bonds is 8. The van der Waals surface area contributed by atoms with Crippen molar-refractivity contribution in [2.45, 2.75) is 38.6 Å². The number of unbranched alkanes of at least 4 members (excludes halogenated alkanes) is 1. The molecule has 0 spiro atoms. The van der Waals surface area contributed by atoms with Crippen LogP contribution in [-0.4, -0.2) is 53.7 Å². The van der Waals surface area contributed by atoms with E-state index in [1.165, 1.54) is 23.3 Å². The van der Waals surface area contributed by atoms with Crippen molar-refractivity contribution in [2.75, 3.05) is 26.2 Å². The zero-order valence-electron chi connectivity index (χ0n) is 18.0. The summed E-state index contributed by atoms with van der Waals surface area (Å²) < 4.78 is 0. The molecule has 3 amide bonds. The average molecular weight is 420 g/mol. The fraction of sp³-hybridized carbons (Fsp3) is 0.400. The van der Waals surface area contributed by atoms with Crippen molar-refractivity contribution in [2.24, 2.45) is 0 Å². The molecule has 31 heavy (non-hydrogen) atoms. The third-order valence-corrected chi connectivity index (χ3v) is 6.19. The number of amides is 3. The molecule has 2 aromatic rings. The van der Waals surface area contributed by atoms with Gasteiger partial charge in [0, 0.05) is 18.7 Å². The molecule has 0 unspecified atom stereocenters. The lowest BCUT2D eigenvalue weighted by atomic mass is 10.0. The Morgan fingerprint density at radius 1 is 1.00 bits per heavy atom. The Kier molecular flexibility index (Phi) is 6.47. The van der Waals surface area contributed by atoms with E-state index in [0.717, 1.165) is 25.9 Å². The minimum absolute atomic E-state index is 0.120. The Hall–Kier alpha value is -2.99. The highest BCUT2D eigenvalue weighted by atomic mass is 16.2. The zero-order chi connectivity index (χ0) is 21.8. The van der Waals surface area contributed by atoms with Crippen LogP contribution in [0.25, 0.3) is 0 Å². The van der Waals surface area contributed by atoms with E-state index in [4.69, 9.17) is 0 Å². The molecule has 0 bridgehead atoms. The molecule has 1 saturated heterocycles. The second-order valence-electron chi connectivity index (χ2n) is 8.26. The van der Waals surface area contributed by atoms with Crippen LogP contribution in [0.4, 0.5) is 0 Å². The lowest BCUT2D eigenvalue weighted by Crippen LogP contribution is -2.36. The molecule has 6 nitrogen and oxygen atoms in total. The van der Waals surface area contributed by atoms with Gasteiger partial charge in [-0.05, 0) is 56.1 Å². The Balaban J connectivity index is 1.47. The fourth-order valence-electron chi connectivity index (χ4n) is 4.43. The predicted molar refractivity (Wildman–Crippen MR) is 119 cm³/mol. The van der Waals surface area contributed by atoms with Gasteiger partial charge in [0.25, 0.3) is 17.7 Å². The number of benzene rings is 2. The Morgan fingerprint density at radius 2 is 1.71 bits per heavy atom. The van der Waals surface area contributed by atoms with E-state index in [0.29, 0.717) is 29.8 Å². The monoisotopic (exact) mass is 419 g/mol. The van der Waals surface area contributed by atoms with Crippen molar-refractivity contribution < 1.29 is 14.4 Å². The molecule has 2 heterocycles. The van der Waals surface area contributed by atoms with Gasteiger partial charge >= 0.3 is 0 Å². The quantitative estimate of drug-likeness (QED) is 0.663. The fourth-order valence-corrected chi connectivity index (χ4v) is 4.43. The summed E-state index contributed by atoms with van der Waals surface area (Å²) in [5, 5.41) is 3.05. The third kappa shape index (κ3) is 4.39. The van der Waals surface area contributed by atoms with Crippen LogP contribution >= 0.6 is 0 Å². The molecule has 0 aliphatic carbocycles. The van der Waals surface area contributed by atoms with Crippen molar-refractivity contribution in [3.05, 3.63) is 70.8 Å². The summed E-state index contributed by atoms with van der Waals surface area (Å²) in [6.07, 6.45) is 4.02. The van der Waals surface area contributed by atoms with E-state index in [2.05, 4.69) is 22.3 Å². The molecule has 2 aliphatic heterocycles. The highest BCUT2D eigenvalue weighted by Crippen LogP contribution is 2.26. The van der Waals surface area contributed by atoms with Gasteiger partial charge in [-0.25, -0.2) is 0 Å². The highest BCUT2D eigenvalue weighted by molar-refractivity contribution is 6.22. The van der Waals surface area contributed by atoms with E-state index in [1.54, 1.807) is 18.2 Å². The summed E-state index contributed by atoms with van der Waals surface area (Å²) in [7, 11) is 0. The lowest BCUT2D eigenvalue weighted by Gasteiger charge is -2.28. The topological polar surface area (TPSA) is 69.7 Å². The Morgan fingerprint density at radius 3 is 2.42 bits per heavy atom. The van der Waals surface area contributed by atoms with Gasteiger partial charge in [-0.1, -0.05) is 43.7 Å². The molecule has 2 aliphatic rings. The first-order valence-electron chi connectivity index (χ1n) is 11.2. The standard InChI is InChI=1S/C25H29N3O3/c1-2-3-15-28-24(30)20-12-11-19(16-21(20)25(28)31)23(29)26-17-22(27-13-7-8-14-27)18-9-5-4-6-10-18/h4-6,9-12,16,22H,2-3,7-8,13-15,17H2,1H3,(H,26,29)/t22-/m0/s1. The largest absolute Gasteiger partial charge is 0.350 e. The van der Waals surface area contributed by atoms with Crippen LogP contribution in [-0.2, 0) is 0 Å². The summed E-state index contributed by atoms with van der Waals surface area (Å²) >= 11 is 0. The van der Waals surface area contributed by atoms with Crippen LogP contribution in [0.5, 0.6) is 0 Å². The van der Waals surface area contributed by atoms with Gasteiger partial charge in [0.1, 0.15) is 0 Å². The van der Waals surface area contributed by atoms with E-state index >= 15 is 0 Å². The molecule has 2 aromatic carbocycles. The number of fused-ring (bicyclic) bond motifs is 1. The van der Waals surface area contributed by atoms with E-state index in [9.17, 15) is 14.4 Å². The van der Waals surface area contributed by atoms with Crippen molar-refractivity contribution in [1.82, 2.24) is 15.1 Å². The molecular formula is C25H29N3O3. The molecular weight excluding hydrogens is 390 g/mol. The van der Waals surface area contributed by atoms with Crippen LogP contribution in [0.3, 0.4) is 0 Å². The number of carbonyl (C=O) groups excluding carboxylic acids is 3. The first-order chi connectivity index (χ1) is 15.1. The number of likely N-dealkylation sites (tertiary alicyclic amines) is 1. The van der Waals surface area contributed by atoms with Gasteiger partial charge < -0.3 is 5.32 Å². The Bertz CT molecular complexity index is 967. The first kappa shape index (κ1) is 21.2. The average Bonchev–Trinajstić information content (AvgIpc) is 3.41. The summed E-state index contributed by atoms with van der Waals surface area (Å²) in [6, 6.07) is 15.2. The highest BCUT2D eigenvalue weighted by Gasteiger charge is 2.35. The molecule has 1 fully saturated rings. The maximum Gasteiger partial charge on any atom is 0.261 e. The second-order valence-corrected chi connectivity index (χ2v) is 8.26. The van der Waals surface area contributed by atoms with Crippen LogP contribution < -0.4 is 5.32 Å². The van der Waals surface area contributed by atoms with Crippen LogP contribution in [0, 0.1) is 0 Å². The van der Waals surface area contributed by atoms with Crippen LogP contribution in [0.2, 0.25) is 0 Å². The van der Waals surface area contributed by atoms with Crippen LogP contribution in [0.1, 0.15) is 75.3 Å². The smallest absolute Gasteiger partial charge is 0.261 e. The third-order valence-electron chi connectivity index (χ3n) is 6.19. The van der Waals surface area contributed by atoms with Gasteiger partial charge in [0.15, 0.2) is 0 Å². The maximum absolute atomic E-state index is 12.9. The van der Waals surface area contributed by atoms with Gasteiger partial charge in [-0.3, -0.25) is 24.2 Å². The molecule has 1 N–H and O–H groups in total. The first-order valence-corrected chi connectivity index (χ1v) is 11.2. The molecule has 1 atom stereocenters. The van der Waals surface area contributed by atoms with Crippen molar-refractivity contribution in [1.29, 1.82) is 0 Å². The maximum atomic E-state index is 12.9. The summed E-state index contributed by atoms with van der Waals surface area (Å²) in [5.41, 5.74) is 2.31. The number of imide groups is 1. The van der Waals surface area contributed by atoms with Crippen molar-refractivity contribution >= 4 is 17.7 Å². The number of nitrogens with one attached hydrogen (secondary N) is 1. The van der Waals surface area contributed by atoms with Gasteiger partial charge in [-0.2, -0.15) is 0 Å². The van der Waals surface area contributed by atoms with Crippen LogP contribution in [0.15, 0.2) is 48.5 Å². The summed E-state index contributed by atoms with van der Waals surface area (Å²) in [4.78, 5) is 41.8. The SMILES string of the molecule is CCCCN1C(=O)c2ccc(C(=O)NC[C@@H](c3ccccc3)N3CCCC3)cc2C1=O. The minimum Gasteiger partial charge on any atom is -0.350 e. The Labute approximate surface area is 183 Å². The number of carbonyl (C=O) groups is 3. The molecule has 4 rings (SSSR count). The van der Waals surface area contributed by atoms with Crippen molar-refractivity contribution in [3.63, 3.8) is 0 Å². The number of hydrogen-bond acceptors (Lipinski definition) is 4. The molecule has 0 radical (unpaired) electrons. The van der Waals surface area contributed by atoms with Crippen molar-refractivity contribution in [3.8, 4) is 0 Å². The molecule has 6 heteroatoms. The van der Waals surface area contributed by atoms with E-state index in [1.807, 2.05) is 25.1 Å². The van der Waals surface area contributed by atoms with Gasteiger partial charge in [0.05, 0.1) is 17.2 Å². The number of nitrogens with zero attached hydrogens (tertiary/aromatic N) is 2. The minimum atomic E-state index is -0.303. The summed E-state index contributed by atoms with van der Waals surface area (Å²) in [5.74, 6) is -0.795. The van der Waals surface area contributed by atoms with Gasteiger partial charge in [0.2, 0.25) is 0 Å². The summed E-state index contributed by atoms with van der Waals surface area (Å²) in [6.45, 7) is 4.98.